The standard InChI is InChI=1S/C20H16F6N2O4/c1-4-30-17(29)12-8-15(32-28-12)18(2,3)31-13-9-14(20(24,25)26)27-16-10(13)6-5-7-11(16)19(21,22)23/h5-9H,4H2,1-3H3. The van der Waals surface area contributed by atoms with Crippen LogP contribution in [0, 0.1) is 0 Å². The van der Waals surface area contributed by atoms with E-state index in [1.807, 2.05) is 0 Å². The van der Waals surface area contributed by atoms with Gasteiger partial charge in [-0.3, -0.25) is 0 Å². The SMILES string of the molecule is CCOC(=O)c1cc(C(C)(C)Oc2cc(C(F)(F)F)nc3c(C(F)(F)F)cccc23)on1. The summed E-state index contributed by atoms with van der Waals surface area (Å²) >= 11 is 0. The van der Waals surface area contributed by atoms with Crippen LogP contribution < -0.4 is 4.74 Å². The fourth-order valence-corrected chi connectivity index (χ4v) is 2.86. The van der Waals surface area contributed by atoms with Crippen LogP contribution in [0.3, 0.4) is 0 Å². The van der Waals surface area contributed by atoms with Crippen molar-refractivity contribution in [3.05, 3.63) is 53.0 Å². The van der Waals surface area contributed by atoms with Crippen LogP contribution in [-0.2, 0) is 22.7 Å². The molecule has 0 unspecified atom stereocenters. The van der Waals surface area contributed by atoms with Crippen molar-refractivity contribution >= 4 is 16.9 Å². The Morgan fingerprint density at radius 2 is 1.75 bits per heavy atom. The quantitative estimate of drug-likeness (QED) is 0.355. The van der Waals surface area contributed by atoms with Crippen LogP contribution in [-0.4, -0.2) is 22.7 Å². The molecule has 12 heteroatoms. The topological polar surface area (TPSA) is 74.5 Å². The summed E-state index contributed by atoms with van der Waals surface area (Å²) in [6, 6.07) is 4.51. The maximum Gasteiger partial charge on any atom is 0.433 e. The van der Waals surface area contributed by atoms with Crippen LogP contribution in [0.25, 0.3) is 10.9 Å². The largest absolute Gasteiger partial charge is 0.479 e. The van der Waals surface area contributed by atoms with Crippen molar-refractivity contribution in [3.63, 3.8) is 0 Å². The summed E-state index contributed by atoms with van der Waals surface area (Å²) in [4.78, 5) is 15.0. The van der Waals surface area contributed by atoms with Crippen molar-refractivity contribution in [3.8, 4) is 5.75 Å². The Hall–Kier alpha value is -3.31. The predicted molar refractivity (Wildman–Crippen MR) is 97.9 cm³/mol. The van der Waals surface area contributed by atoms with Gasteiger partial charge in [-0.2, -0.15) is 26.3 Å². The number of carbonyl (C=O) groups is 1. The molecule has 2 heterocycles. The molecule has 0 bridgehead atoms. The lowest BCUT2D eigenvalue weighted by Crippen LogP contribution is -2.25. The van der Waals surface area contributed by atoms with E-state index in [2.05, 4.69) is 10.1 Å². The second-order valence-electron chi connectivity index (χ2n) is 7.11. The third-order valence-electron chi connectivity index (χ3n) is 4.35. The summed E-state index contributed by atoms with van der Waals surface area (Å²) in [7, 11) is 0. The van der Waals surface area contributed by atoms with Crippen molar-refractivity contribution < 1.29 is 45.1 Å². The first-order chi connectivity index (χ1) is 14.7. The van der Waals surface area contributed by atoms with Gasteiger partial charge >= 0.3 is 18.3 Å². The Morgan fingerprint density at radius 3 is 2.34 bits per heavy atom. The Balaban J connectivity index is 2.12. The number of aromatic nitrogens is 2. The lowest BCUT2D eigenvalue weighted by Gasteiger charge is -2.25. The molecule has 0 saturated heterocycles. The molecule has 0 radical (unpaired) electrons. The Kier molecular flexibility index (Phi) is 5.83. The van der Waals surface area contributed by atoms with E-state index in [1.165, 1.54) is 19.9 Å². The molecule has 1 aromatic carbocycles. The minimum Gasteiger partial charge on any atom is -0.479 e. The molecule has 0 aliphatic heterocycles. The summed E-state index contributed by atoms with van der Waals surface area (Å²) in [6.07, 6.45) is -9.97. The van der Waals surface area contributed by atoms with Crippen LogP contribution in [0.1, 0.15) is 48.3 Å². The predicted octanol–water partition coefficient (Wildman–Crippen LogP) is 5.75. The van der Waals surface area contributed by atoms with E-state index >= 15 is 0 Å². The van der Waals surface area contributed by atoms with E-state index in [9.17, 15) is 31.1 Å². The van der Waals surface area contributed by atoms with Crippen LogP contribution in [0.2, 0.25) is 0 Å². The first-order valence-corrected chi connectivity index (χ1v) is 9.15. The number of rotatable bonds is 5. The molecule has 0 N–H and O–H groups in total. The number of halogens is 6. The van der Waals surface area contributed by atoms with E-state index in [0.717, 1.165) is 12.1 Å². The monoisotopic (exact) mass is 462 g/mol. The lowest BCUT2D eigenvalue weighted by atomic mass is 10.0. The first-order valence-electron chi connectivity index (χ1n) is 9.15. The highest BCUT2D eigenvalue weighted by Gasteiger charge is 2.39. The third-order valence-corrected chi connectivity index (χ3v) is 4.35. The fraction of sp³-hybridized carbons (Fsp3) is 0.350. The number of nitrogens with zero attached hydrogens (tertiary/aromatic N) is 2. The van der Waals surface area contributed by atoms with Gasteiger partial charge in [-0.05, 0) is 32.9 Å². The van der Waals surface area contributed by atoms with Gasteiger partial charge in [0.2, 0.25) is 0 Å². The zero-order valence-corrected chi connectivity index (χ0v) is 16.9. The number of alkyl halides is 6. The number of hydrogen-bond acceptors (Lipinski definition) is 6. The Bertz CT molecular complexity index is 1150. The first kappa shape index (κ1) is 23.4. The average molecular weight is 462 g/mol. The number of carbonyl (C=O) groups excluding carboxylic acids is 1. The number of fused-ring (bicyclic) bond motifs is 1. The maximum absolute atomic E-state index is 13.4. The lowest BCUT2D eigenvalue weighted by molar-refractivity contribution is -0.142. The molecular weight excluding hydrogens is 446 g/mol. The molecule has 0 spiro atoms. The molecule has 0 fully saturated rings. The number of hydrogen-bond donors (Lipinski definition) is 0. The fourth-order valence-electron chi connectivity index (χ4n) is 2.86. The van der Waals surface area contributed by atoms with Gasteiger partial charge in [0.25, 0.3) is 0 Å². The van der Waals surface area contributed by atoms with Gasteiger partial charge in [-0.15, -0.1) is 0 Å². The van der Waals surface area contributed by atoms with Gasteiger partial charge in [0.05, 0.1) is 17.7 Å². The zero-order valence-electron chi connectivity index (χ0n) is 16.9. The second-order valence-corrected chi connectivity index (χ2v) is 7.11. The molecule has 0 aliphatic rings. The van der Waals surface area contributed by atoms with Gasteiger partial charge < -0.3 is 14.0 Å². The molecule has 0 saturated carbocycles. The van der Waals surface area contributed by atoms with Crippen molar-refractivity contribution in [2.24, 2.45) is 0 Å². The maximum atomic E-state index is 13.4. The van der Waals surface area contributed by atoms with Gasteiger partial charge in [0, 0.05) is 17.5 Å². The van der Waals surface area contributed by atoms with Gasteiger partial charge in [-0.1, -0.05) is 11.2 Å². The number of pyridine rings is 1. The number of ether oxygens (including phenoxy) is 2. The van der Waals surface area contributed by atoms with Gasteiger partial charge in [-0.25, -0.2) is 9.78 Å². The van der Waals surface area contributed by atoms with Gasteiger partial charge in [0.1, 0.15) is 11.4 Å². The molecule has 172 valence electrons. The molecular formula is C20H16F6N2O4. The molecule has 32 heavy (non-hydrogen) atoms. The van der Waals surface area contributed by atoms with Gasteiger partial charge in [0.15, 0.2) is 17.1 Å². The second kappa shape index (κ2) is 7.99. The normalized spacial score (nSPS) is 12.8. The van der Waals surface area contributed by atoms with E-state index in [0.29, 0.717) is 12.1 Å². The van der Waals surface area contributed by atoms with E-state index in [-0.39, 0.29) is 23.4 Å². The van der Waals surface area contributed by atoms with Crippen molar-refractivity contribution in [1.29, 1.82) is 0 Å². The molecule has 3 rings (SSSR count). The smallest absolute Gasteiger partial charge is 0.433 e. The molecule has 0 aliphatic carbocycles. The Labute approximate surface area is 177 Å². The molecule has 6 nitrogen and oxygen atoms in total. The minimum atomic E-state index is -5.03. The van der Waals surface area contributed by atoms with Crippen LogP contribution in [0.4, 0.5) is 26.3 Å². The molecule has 2 aromatic heterocycles. The summed E-state index contributed by atoms with van der Waals surface area (Å²) in [6.45, 7) is 4.42. The van der Waals surface area contributed by atoms with Crippen LogP contribution >= 0.6 is 0 Å². The third kappa shape index (κ3) is 4.63. The van der Waals surface area contributed by atoms with Crippen molar-refractivity contribution in [2.45, 2.75) is 38.7 Å². The molecule has 0 atom stereocenters. The Morgan fingerprint density at radius 1 is 1.06 bits per heavy atom. The highest BCUT2D eigenvalue weighted by molar-refractivity contribution is 5.88. The summed E-state index contributed by atoms with van der Waals surface area (Å²) in [5.41, 5.74) is -5.53. The summed E-state index contributed by atoms with van der Waals surface area (Å²) < 4.78 is 95.8. The summed E-state index contributed by atoms with van der Waals surface area (Å²) in [5, 5.41) is 3.25. The highest BCUT2D eigenvalue weighted by atomic mass is 19.4. The minimum absolute atomic E-state index is 0.0638. The van der Waals surface area contributed by atoms with Crippen molar-refractivity contribution in [1.82, 2.24) is 10.1 Å². The number of benzene rings is 1. The van der Waals surface area contributed by atoms with Crippen molar-refractivity contribution in [2.75, 3.05) is 6.61 Å². The van der Waals surface area contributed by atoms with E-state index in [4.69, 9.17) is 14.0 Å². The van der Waals surface area contributed by atoms with E-state index in [1.54, 1.807) is 6.92 Å². The number of esters is 1. The van der Waals surface area contributed by atoms with E-state index < -0.39 is 46.4 Å². The number of para-hydroxylation sites is 1. The van der Waals surface area contributed by atoms with Crippen LogP contribution in [0.15, 0.2) is 34.9 Å². The average Bonchev–Trinajstić information content (AvgIpc) is 3.17. The zero-order chi connectivity index (χ0) is 23.9. The van der Waals surface area contributed by atoms with Crippen LogP contribution in [0.5, 0.6) is 5.75 Å². The molecule has 3 aromatic rings. The highest BCUT2D eigenvalue weighted by Crippen LogP contribution is 2.41. The molecule has 0 amide bonds. The summed E-state index contributed by atoms with van der Waals surface area (Å²) in [5.74, 6) is -1.36.